The van der Waals surface area contributed by atoms with Crippen LogP contribution in [0.1, 0.15) is 48.5 Å². The summed E-state index contributed by atoms with van der Waals surface area (Å²) in [6, 6.07) is 6.23. The molecular formula is C21H30N2O2. The number of likely N-dealkylation sites (tertiary alicyclic amines) is 1. The molecule has 1 aliphatic carbocycles. The number of hydrogen-bond donors (Lipinski definition) is 0. The SMILES string of the molecule is Cc1cc(C(=O)N2CCC(C)C3(CCC3)C2)ccc1N1CCOCC1. The lowest BCUT2D eigenvalue weighted by molar-refractivity contribution is -0.0208. The number of carbonyl (C=O) groups is 1. The van der Waals surface area contributed by atoms with Crippen molar-refractivity contribution in [3.05, 3.63) is 29.3 Å². The zero-order chi connectivity index (χ0) is 17.4. The number of morpholine rings is 1. The molecule has 136 valence electrons. The topological polar surface area (TPSA) is 32.8 Å². The minimum Gasteiger partial charge on any atom is -0.378 e. The third kappa shape index (κ3) is 3.05. The van der Waals surface area contributed by atoms with Gasteiger partial charge in [0, 0.05) is 37.4 Å². The van der Waals surface area contributed by atoms with E-state index in [-0.39, 0.29) is 5.91 Å². The van der Waals surface area contributed by atoms with Crippen LogP contribution >= 0.6 is 0 Å². The molecule has 3 aliphatic rings. The zero-order valence-electron chi connectivity index (χ0n) is 15.6. The van der Waals surface area contributed by atoms with Gasteiger partial charge in [-0.05, 0) is 61.3 Å². The summed E-state index contributed by atoms with van der Waals surface area (Å²) in [5, 5.41) is 0. The van der Waals surface area contributed by atoms with Crippen molar-refractivity contribution in [2.24, 2.45) is 11.3 Å². The molecule has 2 aliphatic heterocycles. The highest BCUT2D eigenvalue weighted by atomic mass is 16.5. The van der Waals surface area contributed by atoms with Crippen LogP contribution in [0.15, 0.2) is 18.2 Å². The Kier molecular flexibility index (Phi) is 4.48. The van der Waals surface area contributed by atoms with Crippen molar-refractivity contribution >= 4 is 11.6 Å². The first kappa shape index (κ1) is 16.9. The predicted molar refractivity (Wildman–Crippen MR) is 100 cm³/mol. The molecule has 4 heteroatoms. The number of hydrogen-bond acceptors (Lipinski definition) is 3. The van der Waals surface area contributed by atoms with Crippen LogP contribution in [0.2, 0.25) is 0 Å². The van der Waals surface area contributed by atoms with Crippen molar-refractivity contribution in [2.45, 2.75) is 39.5 Å². The summed E-state index contributed by atoms with van der Waals surface area (Å²) in [6.07, 6.45) is 5.08. The average molecular weight is 342 g/mol. The molecule has 1 unspecified atom stereocenters. The third-order valence-corrected chi connectivity index (χ3v) is 6.82. The van der Waals surface area contributed by atoms with Crippen molar-refractivity contribution in [3.63, 3.8) is 0 Å². The summed E-state index contributed by atoms with van der Waals surface area (Å²) in [6.45, 7) is 9.79. The van der Waals surface area contributed by atoms with Crippen LogP contribution in [0.5, 0.6) is 0 Å². The van der Waals surface area contributed by atoms with Gasteiger partial charge in [0.2, 0.25) is 0 Å². The van der Waals surface area contributed by atoms with Gasteiger partial charge in [0.25, 0.3) is 5.91 Å². The van der Waals surface area contributed by atoms with E-state index in [2.05, 4.69) is 35.8 Å². The number of piperidine rings is 1. The molecule has 4 rings (SSSR count). The summed E-state index contributed by atoms with van der Waals surface area (Å²) in [4.78, 5) is 17.5. The minimum atomic E-state index is 0.217. The lowest BCUT2D eigenvalue weighted by atomic mass is 9.59. The molecule has 1 atom stereocenters. The van der Waals surface area contributed by atoms with Crippen LogP contribution in [-0.2, 0) is 4.74 Å². The molecule has 2 heterocycles. The number of aryl methyl sites for hydroxylation is 1. The third-order valence-electron chi connectivity index (χ3n) is 6.82. The van der Waals surface area contributed by atoms with Gasteiger partial charge >= 0.3 is 0 Å². The molecule has 0 N–H and O–H groups in total. The number of anilines is 1. The van der Waals surface area contributed by atoms with Gasteiger partial charge in [0.05, 0.1) is 13.2 Å². The Bertz CT molecular complexity index is 647. The Morgan fingerprint density at radius 1 is 1.20 bits per heavy atom. The van der Waals surface area contributed by atoms with E-state index in [1.807, 2.05) is 6.07 Å². The van der Waals surface area contributed by atoms with Crippen LogP contribution in [0.4, 0.5) is 5.69 Å². The van der Waals surface area contributed by atoms with E-state index in [0.717, 1.165) is 57.3 Å². The van der Waals surface area contributed by atoms with Gasteiger partial charge in [-0.3, -0.25) is 4.79 Å². The van der Waals surface area contributed by atoms with E-state index in [0.29, 0.717) is 5.41 Å². The maximum absolute atomic E-state index is 13.1. The van der Waals surface area contributed by atoms with Gasteiger partial charge < -0.3 is 14.5 Å². The van der Waals surface area contributed by atoms with Crippen LogP contribution in [0, 0.1) is 18.3 Å². The summed E-state index contributed by atoms with van der Waals surface area (Å²) in [7, 11) is 0. The van der Waals surface area contributed by atoms with Gasteiger partial charge in [0.15, 0.2) is 0 Å². The van der Waals surface area contributed by atoms with Crippen LogP contribution < -0.4 is 4.90 Å². The van der Waals surface area contributed by atoms with Crippen molar-refractivity contribution in [2.75, 3.05) is 44.3 Å². The lowest BCUT2D eigenvalue weighted by Gasteiger charge is -2.53. The Balaban J connectivity index is 1.49. The number of ether oxygens (including phenoxy) is 1. The van der Waals surface area contributed by atoms with Crippen LogP contribution in [-0.4, -0.2) is 50.2 Å². The largest absolute Gasteiger partial charge is 0.378 e. The normalized spacial score (nSPS) is 25.8. The molecule has 0 radical (unpaired) electrons. The van der Waals surface area contributed by atoms with E-state index in [1.54, 1.807) is 0 Å². The fourth-order valence-corrected chi connectivity index (χ4v) is 4.86. The van der Waals surface area contributed by atoms with Crippen molar-refractivity contribution in [3.8, 4) is 0 Å². The zero-order valence-corrected chi connectivity index (χ0v) is 15.6. The molecule has 1 saturated carbocycles. The molecule has 3 fully saturated rings. The highest BCUT2D eigenvalue weighted by Gasteiger charge is 2.46. The molecule has 1 spiro atoms. The number of rotatable bonds is 2. The molecule has 0 aromatic heterocycles. The van der Waals surface area contributed by atoms with Gasteiger partial charge in [-0.1, -0.05) is 13.3 Å². The molecular weight excluding hydrogens is 312 g/mol. The first-order valence-electron chi connectivity index (χ1n) is 9.82. The second-order valence-corrected chi connectivity index (χ2v) is 8.23. The molecule has 25 heavy (non-hydrogen) atoms. The monoisotopic (exact) mass is 342 g/mol. The first-order valence-corrected chi connectivity index (χ1v) is 9.82. The lowest BCUT2D eigenvalue weighted by Crippen LogP contribution is -2.53. The van der Waals surface area contributed by atoms with E-state index in [9.17, 15) is 4.79 Å². The van der Waals surface area contributed by atoms with Gasteiger partial charge in [-0.2, -0.15) is 0 Å². The van der Waals surface area contributed by atoms with E-state index >= 15 is 0 Å². The Morgan fingerprint density at radius 2 is 1.96 bits per heavy atom. The van der Waals surface area contributed by atoms with Crippen molar-refractivity contribution in [1.29, 1.82) is 0 Å². The number of nitrogens with zero attached hydrogens (tertiary/aromatic N) is 2. The maximum atomic E-state index is 13.1. The quantitative estimate of drug-likeness (QED) is 0.825. The maximum Gasteiger partial charge on any atom is 0.253 e. The van der Waals surface area contributed by atoms with Crippen LogP contribution in [0.25, 0.3) is 0 Å². The van der Waals surface area contributed by atoms with Crippen LogP contribution in [0.3, 0.4) is 0 Å². The first-order chi connectivity index (χ1) is 12.1. The minimum absolute atomic E-state index is 0.217. The Labute approximate surface area is 151 Å². The number of benzene rings is 1. The molecule has 2 saturated heterocycles. The number of carbonyl (C=O) groups excluding carboxylic acids is 1. The second kappa shape index (κ2) is 6.64. The van der Waals surface area contributed by atoms with Gasteiger partial charge in [-0.25, -0.2) is 0 Å². The fraction of sp³-hybridized carbons (Fsp3) is 0.667. The Morgan fingerprint density at radius 3 is 2.60 bits per heavy atom. The molecule has 4 nitrogen and oxygen atoms in total. The van der Waals surface area contributed by atoms with Crippen molar-refractivity contribution < 1.29 is 9.53 Å². The van der Waals surface area contributed by atoms with Gasteiger partial charge in [-0.15, -0.1) is 0 Å². The van der Waals surface area contributed by atoms with E-state index in [4.69, 9.17) is 4.74 Å². The van der Waals surface area contributed by atoms with Gasteiger partial charge in [0.1, 0.15) is 0 Å². The molecule has 1 amide bonds. The standard InChI is InChI=1S/C21H30N2O2/c1-16-14-18(4-5-19(16)22-10-12-25-13-11-22)20(24)23-9-6-17(2)21(15-23)7-3-8-21/h4-5,14,17H,3,6-13,15H2,1-2H3. The predicted octanol–water partition coefficient (Wildman–Crippen LogP) is 3.48. The summed E-state index contributed by atoms with van der Waals surface area (Å²) in [5.74, 6) is 0.977. The fourth-order valence-electron chi connectivity index (χ4n) is 4.86. The smallest absolute Gasteiger partial charge is 0.253 e. The summed E-state index contributed by atoms with van der Waals surface area (Å²) in [5.41, 5.74) is 3.69. The highest BCUT2D eigenvalue weighted by molar-refractivity contribution is 5.95. The van der Waals surface area contributed by atoms with E-state index in [1.165, 1.54) is 30.5 Å². The Hall–Kier alpha value is -1.55. The summed E-state index contributed by atoms with van der Waals surface area (Å²) < 4.78 is 5.44. The molecule has 0 bridgehead atoms. The molecule has 1 aromatic rings. The average Bonchev–Trinajstić information content (AvgIpc) is 2.61. The van der Waals surface area contributed by atoms with E-state index < -0.39 is 0 Å². The second-order valence-electron chi connectivity index (χ2n) is 8.23. The number of amides is 1. The van der Waals surface area contributed by atoms with Crippen molar-refractivity contribution in [1.82, 2.24) is 4.90 Å². The summed E-state index contributed by atoms with van der Waals surface area (Å²) >= 11 is 0. The highest BCUT2D eigenvalue weighted by Crippen LogP contribution is 2.51. The molecule has 1 aromatic carbocycles.